The third kappa shape index (κ3) is 2.89. The lowest BCUT2D eigenvalue weighted by Crippen LogP contribution is -2.27. The van der Waals surface area contributed by atoms with Gasteiger partial charge >= 0.3 is 5.97 Å². The molecule has 1 aliphatic carbocycles. The number of carboxylic acid groups (broad SMARTS) is 1. The summed E-state index contributed by atoms with van der Waals surface area (Å²) in [5, 5.41) is 9.02. The lowest BCUT2D eigenvalue weighted by Gasteiger charge is -2.27. The summed E-state index contributed by atoms with van der Waals surface area (Å²) in [6.45, 7) is 0. The van der Waals surface area contributed by atoms with Gasteiger partial charge < -0.3 is 15.6 Å². The molecule has 1 aliphatic rings. The van der Waals surface area contributed by atoms with Crippen LogP contribution in [0.3, 0.4) is 0 Å². The Hall–Kier alpha value is -2.37. The highest BCUT2D eigenvalue weighted by Gasteiger charge is 2.27. The summed E-state index contributed by atoms with van der Waals surface area (Å²) in [6, 6.07) is 3.51. The van der Waals surface area contributed by atoms with E-state index in [-0.39, 0.29) is 12.0 Å². The fourth-order valence-electron chi connectivity index (χ4n) is 2.76. The summed E-state index contributed by atoms with van der Waals surface area (Å²) in [5.74, 6) is -0.340. The second kappa shape index (κ2) is 5.55. The van der Waals surface area contributed by atoms with E-state index in [0.29, 0.717) is 35.3 Å². The quantitative estimate of drug-likeness (QED) is 0.840. The van der Waals surface area contributed by atoms with Crippen LogP contribution in [0.15, 0.2) is 24.5 Å². The predicted octanol–water partition coefficient (Wildman–Crippen LogP) is 2.23. The second-order valence-electron chi connectivity index (χ2n) is 5.37. The highest BCUT2D eigenvalue weighted by atomic mass is 16.5. The maximum absolute atomic E-state index is 11.0. The molecule has 6 heteroatoms. The van der Waals surface area contributed by atoms with Crippen LogP contribution in [0.5, 0.6) is 5.75 Å². The van der Waals surface area contributed by atoms with E-state index in [9.17, 15) is 4.79 Å². The second-order valence-corrected chi connectivity index (χ2v) is 5.37. The van der Waals surface area contributed by atoms with E-state index in [1.54, 1.807) is 24.5 Å². The summed E-state index contributed by atoms with van der Waals surface area (Å²) < 4.78 is 6.00. The molecule has 0 radical (unpaired) electrons. The van der Waals surface area contributed by atoms with Gasteiger partial charge in [0.1, 0.15) is 11.3 Å². The number of nitrogens with two attached hydrogens (primary N) is 1. The van der Waals surface area contributed by atoms with Gasteiger partial charge in [-0.25, -0.2) is 4.98 Å². The molecule has 3 N–H and O–H groups in total. The number of aromatic nitrogens is 2. The van der Waals surface area contributed by atoms with Gasteiger partial charge in [0.25, 0.3) is 0 Å². The van der Waals surface area contributed by atoms with Crippen molar-refractivity contribution in [3.63, 3.8) is 0 Å². The SMILES string of the molecule is Nc1cc(OC2CCC(C(=O)O)CC2)c2nccnc2c1. The van der Waals surface area contributed by atoms with Crippen LogP contribution in [0.2, 0.25) is 0 Å². The number of benzene rings is 1. The van der Waals surface area contributed by atoms with E-state index in [0.717, 1.165) is 12.8 Å². The number of fused-ring (bicyclic) bond motifs is 1. The number of anilines is 1. The number of nitrogen functional groups attached to an aromatic ring is 1. The lowest BCUT2D eigenvalue weighted by molar-refractivity contribution is -0.143. The lowest BCUT2D eigenvalue weighted by atomic mass is 9.87. The summed E-state index contributed by atoms with van der Waals surface area (Å²) >= 11 is 0. The summed E-state index contributed by atoms with van der Waals surface area (Å²) in [7, 11) is 0. The van der Waals surface area contributed by atoms with Gasteiger partial charge in [-0.1, -0.05) is 0 Å². The number of hydrogen-bond acceptors (Lipinski definition) is 5. The largest absolute Gasteiger partial charge is 0.488 e. The van der Waals surface area contributed by atoms with Crippen LogP contribution >= 0.6 is 0 Å². The predicted molar refractivity (Wildman–Crippen MR) is 78.0 cm³/mol. The van der Waals surface area contributed by atoms with Crippen molar-refractivity contribution in [3.05, 3.63) is 24.5 Å². The number of carboxylic acids is 1. The molecule has 0 aliphatic heterocycles. The van der Waals surface area contributed by atoms with E-state index in [1.165, 1.54) is 0 Å². The molecule has 0 spiro atoms. The van der Waals surface area contributed by atoms with Crippen molar-refractivity contribution in [3.8, 4) is 5.75 Å². The van der Waals surface area contributed by atoms with Crippen LogP contribution in [0.4, 0.5) is 5.69 Å². The number of aliphatic carboxylic acids is 1. The van der Waals surface area contributed by atoms with Gasteiger partial charge in [-0.15, -0.1) is 0 Å². The van der Waals surface area contributed by atoms with Crippen LogP contribution in [0.25, 0.3) is 11.0 Å². The minimum Gasteiger partial charge on any atom is -0.488 e. The zero-order chi connectivity index (χ0) is 14.8. The topological polar surface area (TPSA) is 98.3 Å². The molecule has 2 aromatic rings. The van der Waals surface area contributed by atoms with Gasteiger partial charge in [-0.2, -0.15) is 0 Å². The Bertz CT molecular complexity index is 666. The molecule has 0 amide bonds. The minimum absolute atomic E-state index is 0.00704. The monoisotopic (exact) mass is 287 g/mol. The Morgan fingerprint density at radius 1 is 1.19 bits per heavy atom. The van der Waals surface area contributed by atoms with Crippen LogP contribution in [-0.2, 0) is 4.79 Å². The highest BCUT2D eigenvalue weighted by Crippen LogP contribution is 2.31. The van der Waals surface area contributed by atoms with Crippen molar-refractivity contribution in [1.29, 1.82) is 0 Å². The van der Waals surface area contributed by atoms with Gasteiger partial charge in [-0.3, -0.25) is 9.78 Å². The average Bonchev–Trinajstić information content (AvgIpc) is 2.47. The highest BCUT2D eigenvalue weighted by molar-refractivity contribution is 5.84. The normalized spacial score (nSPS) is 22.1. The molecule has 3 rings (SSSR count). The molecule has 21 heavy (non-hydrogen) atoms. The van der Waals surface area contributed by atoms with Crippen LogP contribution < -0.4 is 10.5 Å². The van der Waals surface area contributed by atoms with E-state index in [2.05, 4.69) is 9.97 Å². The van der Waals surface area contributed by atoms with Crippen LogP contribution in [0, 0.1) is 5.92 Å². The first-order valence-electron chi connectivity index (χ1n) is 7.03. The molecule has 1 aromatic heterocycles. The van der Waals surface area contributed by atoms with Crippen molar-refractivity contribution in [2.75, 3.05) is 5.73 Å². The first-order chi connectivity index (χ1) is 10.1. The van der Waals surface area contributed by atoms with Crippen molar-refractivity contribution in [2.45, 2.75) is 31.8 Å². The van der Waals surface area contributed by atoms with Crippen molar-refractivity contribution >= 4 is 22.7 Å². The Labute approximate surface area is 122 Å². The molecular weight excluding hydrogens is 270 g/mol. The van der Waals surface area contributed by atoms with E-state index in [1.807, 2.05) is 0 Å². The molecule has 1 heterocycles. The molecule has 1 fully saturated rings. The third-order valence-corrected chi connectivity index (χ3v) is 3.88. The molecule has 6 nitrogen and oxygen atoms in total. The zero-order valence-electron chi connectivity index (χ0n) is 11.5. The van der Waals surface area contributed by atoms with Crippen molar-refractivity contribution in [1.82, 2.24) is 9.97 Å². The molecule has 1 saturated carbocycles. The van der Waals surface area contributed by atoms with Gasteiger partial charge in [0.15, 0.2) is 0 Å². The smallest absolute Gasteiger partial charge is 0.306 e. The molecule has 0 bridgehead atoms. The fourth-order valence-corrected chi connectivity index (χ4v) is 2.76. The van der Waals surface area contributed by atoms with Crippen molar-refractivity contribution < 1.29 is 14.6 Å². The first-order valence-corrected chi connectivity index (χ1v) is 7.03. The Morgan fingerprint density at radius 2 is 1.90 bits per heavy atom. The molecule has 0 atom stereocenters. The Kier molecular flexibility index (Phi) is 3.60. The van der Waals surface area contributed by atoms with E-state index in [4.69, 9.17) is 15.6 Å². The molecule has 1 aromatic carbocycles. The third-order valence-electron chi connectivity index (χ3n) is 3.88. The maximum atomic E-state index is 11.0. The summed E-state index contributed by atoms with van der Waals surface area (Å²) in [5.41, 5.74) is 7.83. The molecule has 0 saturated heterocycles. The standard InChI is InChI=1S/C15H17N3O3/c16-10-7-12-14(18-6-5-17-12)13(8-10)21-11-3-1-9(2-4-11)15(19)20/h5-9,11H,1-4,16H2,(H,19,20). The van der Waals surface area contributed by atoms with E-state index < -0.39 is 5.97 Å². The number of rotatable bonds is 3. The van der Waals surface area contributed by atoms with Crippen molar-refractivity contribution in [2.24, 2.45) is 5.92 Å². The zero-order valence-corrected chi connectivity index (χ0v) is 11.5. The number of carbonyl (C=O) groups is 1. The fraction of sp³-hybridized carbons (Fsp3) is 0.400. The van der Waals surface area contributed by atoms with E-state index >= 15 is 0 Å². The van der Waals surface area contributed by atoms with Gasteiger partial charge in [0.2, 0.25) is 0 Å². The number of ether oxygens (including phenoxy) is 1. The first kappa shape index (κ1) is 13.6. The number of nitrogens with zero attached hydrogens (tertiary/aromatic N) is 2. The number of hydrogen-bond donors (Lipinski definition) is 2. The molecular formula is C15H17N3O3. The van der Waals surface area contributed by atoms with Gasteiger partial charge in [0, 0.05) is 24.1 Å². The molecule has 0 unspecified atom stereocenters. The van der Waals surface area contributed by atoms with Gasteiger partial charge in [0.05, 0.1) is 17.5 Å². The maximum Gasteiger partial charge on any atom is 0.306 e. The minimum atomic E-state index is -0.714. The Balaban J connectivity index is 1.78. The molecule has 110 valence electrons. The average molecular weight is 287 g/mol. The Morgan fingerprint density at radius 3 is 2.62 bits per heavy atom. The van der Waals surface area contributed by atoms with Crippen LogP contribution in [-0.4, -0.2) is 27.1 Å². The summed E-state index contributed by atoms with van der Waals surface area (Å²) in [6.07, 6.45) is 5.99. The summed E-state index contributed by atoms with van der Waals surface area (Å²) in [4.78, 5) is 19.5. The van der Waals surface area contributed by atoms with Gasteiger partial charge in [-0.05, 0) is 31.7 Å². The van der Waals surface area contributed by atoms with Crippen LogP contribution in [0.1, 0.15) is 25.7 Å².